The molecule has 2 rings (SSSR count). The summed E-state index contributed by atoms with van der Waals surface area (Å²) < 4.78 is 5.40. The second-order valence-electron chi connectivity index (χ2n) is 4.61. The molecule has 1 aromatic carbocycles. The van der Waals surface area contributed by atoms with Gasteiger partial charge in [-0.25, -0.2) is 4.79 Å². The summed E-state index contributed by atoms with van der Waals surface area (Å²) in [6.07, 6.45) is 0.766. The number of carboxylic acids is 1. The number of aromatic carboxylic acids is 1. The number of imide groups is 1. The Morgan fingerprint density at radius 1 is 1.38 bits per heavy atom. The van der Waals surface area contributed by atoms with E-state index >= 15 is 0 Å². The van der Waals surface area contributed by atoms with Crippen LogP contribution in [0.15, 0.2) is 24.3 Å². The van der Waals surface area contributed by atoms with Crippen molar-refractivity contribution in [2.24, 2.45) is 0 Å². The number of benzene rings is 1. The highest BCUT2D eigenvalue weighted by Crippen LogP contribution is 2.17. The number of rotatable bonds is 6. The predicted molar refractivity (Wildman–Crippen MR) is 73.1 cm³/mol. The molecule has 21 heavy (non-hydrogen) atoms. The zero-order chi connectivity index (χ0) is 15.2. The quantitative estimate of drug-likeness (QED) is 0.509. The summed E-state index contributed by atoms with van der Waals surface area (Å²) in [5.74, 6) is -1.36. The van der Waals surface area contributed by atoms with Crippen molar-refractivity contribution in [3.63, 3.8) is 0 Å². The molecule has 0 spiro atoms. The van der Waals surface area contributed by atoms with E-state index in [-0.39, 0.29) is 29.7 Å². The zero-order valence-corrected chi connectivity index (χ0v) is 11.3. The van der Waals surface area contributed by atoms with Gasteiger partial charge in [-0.05, 0) is 18.6 Å². The van der Waals surface area contributed by atoms with E-state index in [2.05, 4.69) is 10.6 Å². The molecule has 1 aromatic rings. The van der Waals surface area contributed by atoms with Crippen LogP contribution in [0.25, 0.3) is 0 Å². The van der Waals surface area contributed by atoms with E-state index in [1.54, 1.807) is 18.2 Å². The first-order valence-electron chi connectivity index (χ1n) is 6.60. The fourth-order valence-corrected chi connectivity index (χ4v) is 2.05. The fourth-order valence-electron chi connectivity index (χ4n) is 2.05. The average molecular weight is 292 g/mol. The lowest BCUT2D eigenvalue weighted by atomic mass is 10.1. The van der Waals surface area contributed by atoms with E-state index < -0.39 is 12.0 Å². The average Bonchev–Trinajstić information content (AvgIpc) is 2.45. The van der Waals surface area contributed by atoms with Crippen LogP contribution >= 0.6 is 0 Å². The molecule has 0 bridgehead atoms. The van der Waals surface area contributed by atoms with Crippen LogP contribution in [0.1, 0.15) is 23.2 Å². The van der Waals surface area contributed by atoms with E-state index in [0.29, 0.717) is 19.4 Å². The van der Waals surface area contributed by atoms with Gasteiger partial charge in [-0.3, -0.25) is 14.9 Å². The number of nitrogens with one attached hydrogen (secondary N) is 2. The molecule has 3 N–H and O–H groups in total. The summed E-state index contributed by atoms with van der Waals surface area (Å²) in [7, 11) is 0. The normalized spacial score (nSPS) is 18.2. The van der Waals surface area contributed by atoms with Crippen LogP contribution in [-0.4, -0.2) is 42.1 Å². The van der Waals surface area contributed by atoms with Crippen LogP contribution in [0.4, 0.5) is 0 Å². The second kappa shape index (κ2) is 6.85. The van der Waals surface area contributed by atoms with Crippen LogP contribution in [0.3, 0.4) is 0 Å². The fraction of sp³-hybridized carbons (Fsp3) is 0.357. The Bertz CT molecular complexity index is 558. The van der Waals surface area contributed by atoms with Crippen molar-refractivity contribution in [1.29, 1.82) is 0 Å². The number of piperidine rings is 1. The zero-order valence-electron chi connectivity index (χ0n) is 11.3. The summed E-state index contributed by atoms with van der Waals surface area (Å²) >= 11 is 0. The number of hydrogen-bond acceptors (Lipinski definition) is 5. The highest BCUT2D eigenvalue weighted by atomic mass is 16.5. The van der Waals surface area contributed by atoms with Gasteiger partial charge in [0.15, 0.2) is 0 Å². The molecule has 7 nitrogen and oxygen atoms in total. The van der Waals surface area contributed by atoms with Crippen LogP contribution in [-0.2, 0) is 9.59 Å². The molecule has 0 saturated carbocycles. The Morgan fingerprint density at radius 2 is 2.14 bits per heavy atom. The minimum Gasteiger partial charge on any atom is -0.491 e. The number of para-hydroxylation sites is 1. The van der Waals surface area contributed by atoms with E-state index in [0.717, 1.165) is 0 Å². The lowest BCUT2D eigenvalue weighted by Gasteiger charge is -2.21. The molecular weight excluding hydrogens is 276 g/mol. The first kappa shape index (κ1) is 15.0. The van der Waals surface area contributed by atoms with Crippen LogP contribution in [0.2, 0.25) is 0 Å². The molecule has 1 heterocycles. The maximum atomic E-state index is 11.5. The molecule has 0 aromatic heterocycles. The van der Waals surface area contributed by atoms with Crippen molar-refractivity contribution in [1.82, 2.24) is 10.6 Å². The molecule has 0 radical (unpaired) electrons. The standard InChI is InChI=1S/C14H16N2O5/c17-12-6-5-10(13(18)16-12)15-7-8-21-11-4-2-1-3-9(11)14(19)20/h1-4,10,15H,5-8H2,(H,19,20)(H,16,17,18). The molecule has 1 fully saturated rings. The van der Waals surface area contributed by atoms with Gasteiger partial charge >= 0.3 is 5.97 Å². The largest absolute Gasteiger partial charge is 0.491 e. The number of hydrogen-bond donors (Lipinski definition) is 3. The molecule has 1 saturated heterocycles. The van der Waals surface area contributed by atoms with Crippen LogP contribution in [0.5, 0.6) is 5.75 Å². The maximum Gasteiger partial charge on any atom is 0.339 e. The van der Waals surface area contributed by atoms with E-state index in [1.165, 1.54) is 6.07 Å². The van der Waals surface area contributed by atoms with Gasteiger partial charge in [0.05, 0.1) is 6.04 Å². The lowest BCUT2D eigenvalue weighted by molar-refractivity contribution is -0.134. The molecule has 1 atom stereocenters. The van der Waals surface area contributed by atoms with E-state index in [1.807, 2.05) is 0 Å². The van der Waals surface area contributed by atoms with Crippen molar-refractivity contribution in [2.75, 3.05) is 13.2 Å². The smallest absolute Gasteiger partial charge is 0.339 e. The first-order chi connectivity index (χ1) is 10.1. The Labute approximate surface area is 121 Å². The van der Waals surface area contributed by atoms with E-state index in [9.17, 15) is 14.4 Å². The van der Waals surface area contributed by atoms with Crippen LogP contribution < -0.4 is 15.4 Å². The monoisotopic (exact) mass is 292 g/mol. The van der Waals surface area contributed by atoms with Gasteiger partial charge in [-0.1, -0.05) is 12.1 Å². The summed E-state index contributed by atoms with van der Waals surface area (Å²) in [5, 5.41) is 14.2. The van der Waals surface area contributed by atoms with Crippen molar-refractivity contribution in [3.8, 4) is 5.75 Å². The van der Waals surface area contributed by atoms with Gasteiger partial charge in [0.1, 0.15) is 17.9 Å². The van der Waals surface area contributed by atoms with E-state index in [4.69, 9.17) is 9.84 Å². The molecule has 7 heteroatoms. The third kappa shape index (κ3) is 4.03. The first-order valence-corrected chi connectivity index (χ1v) is 6.60. The highest BCUT2D eigenvalue weighted by molar-refractivity contribution is 6.00. The Hall–Kier alpha value is -2.41. The number of amides is 2. The SMILES string of the molecule is O=C1CCC(NCCOc2ccccc2C(=O)O)C(=O)N1. The molecule has 0 aliphatic carbocycles. The molecule has 112 valence electrons. The summed E-state index contributed by atoms with van der Waals surface area (Å²) in [4.78, 5) is 33.5. The van der Waals surface area contributed by atoms with Crippen molar-refractivity contribution < 1.29 is 24.2 Å². The Balaban J connectivity index is 1.79. The topological polar surface area (TPSA) is 105 Å². The van der Waals surface area contributed by atoms with Crippen molar-refractivity contribution in [2.45, 2.75) is 18.9 Å². The number of carbonyl (C=O) groups is 3. The van der Waals surface area contributed by atoms with Crippen LogP contribution in [0, 0.1) is 0 Å². The van der Waals surface area contributed by atoms with Gasteiger partial charge in [0, 0.05) is 13.0 Å². The van der Waals surface area contributed by atoms with Gasteiger partial charge < -0.3 is 15.2 Å². The van der Waals surface area contributed by atoms with Gasteiger partial charge in [0.25, 0.3) is 0 Å². The highest BCUT2D eigenvalue weighted by Gasteiger charge is 2.25. The lowest BCUT2D eigenvalue weighted by Crippen LogP contribution is -2.51. The third-order valence-corrected chi connectivity index (χ3v) is 3.11. The maximum absolute atomic E-state index is 11.5. The number of carboxylic acid groups (broad SMARTS) is 1. The number of carbonyl (C=O) groups excluding carboxylic acids is 2. The molecule has 1 aliphatic rings. The Kier molecular flexibility index (Phi) is 4.89. The third-order valence-electron chi connectivity index (χ3n) is 3.11. The van der Waals surface area contributed by atoms with Crippen molar-refractivity contribution >= 4 is 17.8 Å². The summed E-state index contributed by atoms with van der Waals surface area (Å²) in [6, 6.07) is 5.94. The molecular formula is C14H16N2O5. The summed E-state index contributed by atoms with van der Waals surface area (Å²) in [5.41, 5.74) is 0.0958. The summed E-state index contributed by atoms with van der Waals surface area (Å²) in [6.45, 7) is 0.599. The number of ether oxygens (including phenoxy) is 1. The van der Waals surface area contributed by atoms with Crippen molar-refractivity contribution in [3.05, 3.63) is 29.8 Å². The Morgan fingerprint density at radius 3 is 2.86 bits per heavy atom. The second-order valence-corrected chi connectivity index (χ2v) is 4.61. The molecule has 1 aliphatic heterocycles. The van der Waals surface area contributed by atoms with Gasteiger partial charge in [-0.2, -0.15) is 0 Å². The molecule has 2 amide bonds. The minimum atomic E-state index is -1.05. The predicted octanol–water partition coefficient (Wildman–Crippen LogP) is 0.158. The van der Waals surface area contributed by atoms with Gasteiger partial charge in [-0.15, -0.1) is 0 Å². The minimum absolute atomic E-state index is 0.0958. The molecule has 1 unspecified atom stereocenters. The van der Waals surface area contributed by atoms with Gasteiger partial charge in [0.2, 0.25) is 11.8 Å².